The number of nitrogens with zero attached hydrogens (tertiary/aromatic N) is 1. The van der Waals surface area contributed by atoms with Gasteiger partial charge in [-0.2, -0.15) is 0 Å². The first-order valence-electron chi connectivity index (χ1n) is 16.3. The first-order chi connectivity index (χ1) is 22.9. The van der Waals surface area contributed by atoms with Crippen molar-refractivity contribution in [2.24, 2.45) is 0 Å². The van der Waals surface area contributed by atoms with Crippen molar-refractivity contribution in [3.63, 3.8) is 0 Å². The maximum Gasteiger partial charge on any atom is 0.0456 e. The summed E-state index contributed by atoms with van der Waals surface area (Å²) in [4.78, 5) is 2.29. The molecule has 0 spiro atoms. The highest BCUT2D eigenvalue weighted by Crippen LogP contribution is 2.32. The minimum atomic E-state index is 1.10. The predicted molar refractivity (Wildman–Crippen MR) is 203 cm³/mol. The molecular weight excluding hydrogens is 567 g/mol. The first-order valence-corrected chi connectivity index (χ1v) is 16.3. The van der Waals surface area contributed by atoms with Gasteiger partial charge in [-0.1, -0.05) is 168 Å². The maximum absolute atomic E-state index is 2.29. The molecule has 6 aromatic rings. The molecule has 0 atom stereocenters. The number of rotatable bonds is 9. The van der Waals surface area contributed by atoms with Crippen molar-refractivity contribution < 1.29 is 0 Å². The van der Waals surface area contributed by atoms with E-state index in [-0.39, 0.29) is 0 Å². The number of benzene rings is 6. The standard InChI is InChI=1S/C46H41N/c1-34-19-25-39(26-20-34)46(40-27-21-35(2)22-28-40)33-47(43-16-6-5-7-17-43)44-29-23-38(24-30-44)13-10-18-45(41-14-8-11-36(3)31-41)42-15-9-12-37(4)32-42/h5-33H,1-4H3/b13-10+. The molecule has 1 heteroatoms. The molecule has 0 fully saturated rings. The zero-order valence-corrected chi connectivity index (χ0v) is 27.7. The SMILES string of the molecule is Cc1ccc(C(=CN(c2ccccc2)c2ccc(/C=C/C=C(c3cccc(C)c3)c3cccc(C)c3)cc2)c2ccc(C)cc2)cc1. The van der Waals surface area contributed by atoms with Gasteiger partial charge in [-0.15, -0.1) is 0 Å². The van der Waals surface area contributed by atoms with E-state index in [0.717, 1.165) is 16.9 Å². The van der Waals surface area contributed by atoms with Crippen molar-refractivity contribution in [1.82, 2.24) is 0 Å². The largest absolute Gasteiger partial charge is 0.317 e. The molecule has 1 nitrogen and oxygen atoms in total. The molecule has 0 N–H and O–H groups in total. The summed E-state index contributed by atoms with van der Waals surface area (Å²) < 4.78 is 0. The van der Waals surface area contributed by atoms with Gasteiger partial charge in [0.2, 0.25) is 0 Å². The highest BCUT2D eigenvalue weighted by Gasteiger charge is 2.12. The van der Waals surface area contributed by atoms with Gasteiger partial charge in [0.05, 0.1) is 0 Å². The highest BCUT2D eigenvalue weighted by atomic mass is 15.1. The monoisotopic (exact) mass is 607 g/mol. The molecule has 0 saturated carbocycles. The summed E-state index contributed by atoms with van der Waals surface area (Å²) in [6, 6.07) is 54.4. The van der Waals surface area contributed by atoms with Crippen LogP contribution in [0.1, 0.15) is 50.1 Å². The van der Waals surface area contributed by atoms with Crippen molar-refractivity contribution in [2.45, 2.75) is 27.7 Å². The number of hydrogen-bond acceptors (Lipinski definition) is 1. The Morgan fingerprint density at radius 3 is 1.45 bits per heavy atom. The van der Waals surface area contributed by atoms with E-state index in [2.05, 4.69) is 209 Å². The Bertz CT molecular complexity index is 1930. The Hall–Kier alpha value is -5.66. The Morgan fingerprint density at radius 1 is 0.426 bits per heavy atom. The summed E-state index contributed by atoms with van der Waals surface area (Å²) in [6.07, 6.45) is 8.85. The van der Waals surface area contributed by atoms with E-state index in [0.29, 0.717) is 0 Å². The lowest BCUT2D eigenvalue weighted by Gasteiger charge is -2.23. The Balaban J connectivity index is 1.36. The first kappa shape index (κ1) is 31.3. The normalized spacial score (nSPS) is 10.9. The molecule has 0 heterocycles. The average Bonchev–Trinajstić information content (AvgIpc) is 3.09. The van der Waals surface area contributed by atoms with E-state index >= 15 is 0 Å². The van der Waals surface area contributed by atoms with Crippen LogP contribution in [0.15, 0.2) is 170 Å². The van der Waals surface area contributed by atoms with Gasteiger partial charge in [-0.25, -0.2) is 0 Å². The molecule has 0 aliphatic carbocycles. The lowest BCUT2D eigenvalue weighted by atomic mass is 9.95. The Morgan fingerprint density at radius 2 is 0.936 bits per heavy atom. The van der Waals surface area contributed by atoms with Crippen LogP contribution in [0.2, 0.25) is 0 Å². The van der Waals surface area contributed by atoms with Gasteiger partial charge in [-0.3, -0.25) is 0 Å². The summed E-state index contributed by atoms with van der Waals surface area (Å²) in [5.41, 5.74) is 15.6. The van der Waals surface area contributed by atoms with Crippen LogP contribution in [0.25, 0.3) is 17.2 Å². The van der Waals surface area contributed by atoms with Gasteiger partial charge < -0.3 is 4.90 Å². The highest BCUT2D eigenvalue weighted by molar-refractivity contribution is 5.85. The van der Waals surface area contributed by atoms with Crippen LogP contribution in [-0.4, -0.2) is 0 Å². The molecule has 0 aromatic heterocycles. The van der Waals surface area contributed by atoms with Crippen molar-refractivity contribution in [2.75, 3.05) is 4.90 Å². The van der Waals surface area contributed by atoms with Gasteiger partial charge in [-0.05, 0) is 85.4 Å². The molecule has 0 aliphatic rings. The minimum absolute atomic E-state index is 1.10. The second kappa shape index (κ2) is 14.6. The lowest BCUT2D eigenvalue weighted by Crippen LogP contribution is -2.10. The Labute approximate surface area is 280 Å². The van der Waals surface area contributed by atoms with E-state index in [1.165, 1.54) is 55.7 Å². The van der Waals surface area contributed by atoms with Gasteiger partial charge in [0.1, 0.15) is 0 Å². The molecular formula is C46H41N. The molecule has 0 radical (unpaired) electrons. The summed E-state index contributed by atoms with van der Waals surface area (Å²) in [5, 5.41) is 0. The topological polar surface area (TPSA) is 3.24 Å². The van der Waals surface area contributed by atoms with Gasteiger partial charge >= 0.3 is 0 Å². The van der Waals surface area contributed by atoms with Crippen molar-refractivity contribution in [3.05, 3.63) is 220 Å². The van der Waals surface area contributed by atoms with Crippen molar-refractivity contribution in [3.8, 4) is 0 Å². The minimum Gasteiger partial charge on any atom is -0.317 e. The third-order valence-electron chi connectivity index (χ3n) is 8.40. The van der Waals surface area contributed by atoms with Crippen LogP contribution < -0.4 is 4.90 Å². The lowest BCUT2D eigenvalue weighted by molar-refractivity contribution is 1.28. The van der Waals surface area contributed by atoms with E-state index < -0.39 is 0 Å². The molecule has 6 rings (SSSR count). The van der Waals surface area contributed by atoms with Crippen LogP contribution in [-0.2, 0) is 0 Å². The van der Waals surface area contributed by atoms with Crippen LogP contribution >= 0.6 is 0 Å². The quantitative estimate of drug-likeness (QED) is 0.148. The smallest absolute Gasteiger partial charge is 0.0456 e. The van der Waals surface area contributed by atoms with Gasteiger partial charge in [0.15, 0.2) is 0 Å². The second-order valence-electron chi connectivity index (χ2n) is 12.3. The average molecular weight is 608 g/mol. The van der Waals surface area contributed by atoms with Crippen LogP contribution in [0, 0.1) is 27.7 Å². The predicted octanol–water partition coefficient (Wildman–Crippen LogP) is 12.3. The third-order valence-corrected chi connectivity index (χ3v) is 8.40. The molecule has 6 aromatic carbocycles. The molecule has 0 saturated heterocycles. The van der Waals surface area contributed by atoms with Gasteiger partial charge in [0.25, 0.3) is 0 Å². The molecule has 47 heavy (non-hydrogen) atoms. The van der Waals surface area contributed by atoms with Crippen LogP contribution in [0.5, 0.6) is 0 Å². The number of allylic oxidation sites excluding steroid dienone is 2. The number of hydrogen-bond donors (Lipinski definition) is 0. The summed E-state index contributed by atoms with van der Waals surface area (Å²) in [5.74, 6) is 0. The molecule has 0 amide bonds. The summed E-state index contributed by atoms with van der Waals surface area (Å²) >= 11 is 0. The fraction of sp³-hybridized carbons (Fsp3) is 0.0870. The van der Waals surface area contributed by atoms with Gasteiger partial charge in [0, 0.05) is 23.1 Å². The zero-order valence-electron chi connectivity index (χ0n) is 27.7. The second-order valence-corrected chi connectivity index (χ2v) is 12.3. The fourth-order valence-electron chi connectivity index (χ4n) is 5.78. The fourth-order valence-corrected chi connectivity index (χ4v) is 5.78. The number of anilines is 2. The number of para-hydroxylation sites is 1. The molecule has 230 valence electrons. The van der Waals surface area contributed by atoms with Crippen molar-refractivity contribution in [1.29, 1.82) is 0 Å². The van der Waals surface area contributed by atoms with E-state index in [1.54, 1.807) is 0 Å². The van der Waals surface area contributed by atoms with E-state index in [1.807, 2.05) is 0 Å². The van der Waals surface area contributed by atoms with E-state index in [9.17, 15) is 0 Å². The maximum atomic E-state index is 2.29. The Kier molecular flexibility index (Phi) is 9.75. The summed E-state index contributed by atoms with van der Waals surface area (Å²) in [7, 11) is 0. The summed E-state index contributed by atoms with van der Waals surface area (Å²) in [6.45, 7) is 8.56. The van der Waals surface area contributed by atoms with Crippen molar-refractivity contribution >= 4 is 28.6 Å². The van der Waals surface area contributed by atoms with Crippen LogP contribution in [0.3, 0.4) is 0 Å². The zero-order chi connectivity index (χ0) is 32.6. The molecule has 0 unspecified atom stereocenters. The van der Waals surface area contributed by atoms with Crippen LogP contribution in [0.4, 0.5) is 11.4 Å². The third kappa shape index (κ3) is 7.95. The molecule has 0 aliphatic heterocycles. The van der Waals surface area contributed by atoms with E-state index in [4.69, 9.17) is 0 Å². The molecule has 0 bridgehead atoms. The number of aryl methyl sites for hydroxylation is 4.